The van der Waals surface area contributed by atoms with E-state index in [1.54, 1.807) is 40.0 Å². The average molecular weight is 326 g/mol. The van der Waals surface area contributed by atoms with Crippen LogP contribution in [0.15, 0.2) is 23.8 Å². The molecule has 1 heterocycles. The second kappa shape index (κ2) is 8.08. The molecule has 0 aromatic carbocycles. The molecule has 0 amide bonds. The number of aliphatic hydroxyl groups is 2. The maximum absolute atomic E-state index is 11.9. The van der Waals surface area contributed by atoms with Gasteiger partial charge in [-0.1, -0.05) is 18.2 Å². The third-order valence-corrected chi connectivity index (χ3v) is 4.47. The van der Waals surface area contributed by atoms with Crippen molar-refractivity contribution in [2.75, 3.05) is 7.11 Å². The van der Waals surface area contributed by atoms with Gasteiger partial charge in [0.15, 0.2) is 0 Å². The van der Waals surface area contributed by atoms with Crippen molar-refractivity contribution < 1.29 is 24.5 Å². The predicted octanol–water partition coefficient (Wildman–Crippen LogP) is 2.51. The number of esters is 1. The largest absolute Gasteiger partial charge is 0.460 e. The number of methoxy groups -OCH3 is 1. The van der Waals surface area contributed by atoms with Crippen LogP contribution in [0.3, 0.4) is 0 Å². The molecule has 2 N–H and O–H groups in total. The van der Waals surface area contributed by atoms with Crippen molar-refractivity contribution in [3.63, 3.8) is 0 Å². The zero-order chi connectivity index (χ0) is 17.7. The van der Waals surface area contributed by atoms with E-state index < -0.39 is 23.3 Å². The van der Waals surface area contributed by atoms with E-state index in [0.29, 0.717) is 12.8 Å². The number of allylic oxidation sites excluding steroid dienone is 1. The molecule has 0 aromatic rings. The Morgan fingerprint density at radius 2 is 1.96 bits per heavy atom. The Morgan fingerprint density at radius 1 is 1.30 bits per heavy atom. The molecule has 1 rings (SSSR count). The first-order valence-corrected chi connectivity index (χ1v) is 8.10. The molecule has 0 saturated carbocycles. The minimum Gasteiger partial charge on any atom is -0.460 e. The number of hydrogen-bond acceptors (Lipinski definition) is 5. The maximum atomic E-state index is 11.9. The summed E-state index contributed by atoms with van der Waals surface area (Å²) in [6, 6.07) is 0. The first-order chi connectivity index (χ1) is 10.6. The van der Waals surface area contributed by atoms with Gasteiger partial charge in [-0.15, -0.1) is 0 Å². The fraction of sp³-hybridized carbons (Fsp3) is 0.722. The number of ether oxygens (including phenoxy) is 2. The van der Waals surface area contributed by atoms with E-state index in [2.05, 4.69) is 0 Å². The first kappa shape index (κ1) is 19.9. The van der Waals surface area contributed by atoms with Gasteiger partial charge in [-0.05, 0) is 52.5 Å². The molecule has 0 spiro atoms. The van der Waals surface area contributed by atoms with Crippen LogP contribution in [0.4, 0.5) is 0 Å². The van der Waals surface area contributed by atoms with Gasteiger partial charge in [-0.2, -0.15) is 0 Å². The van der Waals surface area contributed by atoms with E-state index in [1.807, 2.05) is 13.0 Å². The Morgan fingerprint density at radius 3 is 2.57 bits per heavy atom. The van der Waals surface area contributed by atoms with Crippen molar-refractivity contribution in [2.24, 2.45) is 0 Å². The van der Waals surface area contributed by atoms with Crippen molar-refractivity contribution in [3.8, 4) is 0 Å². The molecule has 132 valence electrons. The molecular weight excluding hydrogens is 296 g/mol. The Kier molecular flexibility index (Phi) is 6.99. The summed E-state index contributed by atoms with van der Waals surface area (Å²) in [5.41, 5.74) is -1.21. The number of cyclic esters (lactones) is 1. The van der Waals surface area contributed by atoms with Crippen molar-refractivity contribution in [2.45, 2.75) is 76.8 Å². The molecule has 23 heavy (non-hydrogen) atoms. The highest BCUT2D eigenvalue weighted by Crippen LogP contribution is 2.24. The minimum absolute atomic E-state index is 0.0875. The molecule has 1 aliphatic rings. The molecule has 0 aromatic heterocycles. The number of rotatable bonds is 1. The lowest BCUT2D eigenvalue weighted by Crippen LogP contribution is -2.40. The van der Waals surface area contributed by atoms with Crippen LogP contribution in [0.5, 0.6) is 0 Å². The molecule has 0 radical (unpaired) electrons. The van der Waals surface area contributed by atoms with Gasteiger partial charge in [-0.25, -0.2) is 0 Å². The summed E-state index contributed by atoms with van der Waals surface area (Å²) in [4.78, 5) is 11.9. The summed E-state index contributed by atoms with van der Waals surface area (Å²) in [7, 11) is 1.61. The predicted molar refractivity (Wildman–Crippen MR) is 89.0 cm³/mol. The van der Waals surface area contributed by atoms with Crippen molar-refractivity contribution in [3.05, 3.63) is 23.8 Å². The quantitative estimate of drug-likeness (QED) is 0.572. The van der Waals surface area contributed by atoms with Crippen LogP contribution < -0.4 is 0 Å². The Balaban J connectivity index is 3.02. The van der Waals surface area contributed by atoms with Gasteiger partial charge >= 0.3 is 5.97 Å². The van der Waals surface area contributed by atoms with Gasteiger partial charge < -0.3 is 19.7 Å². The summed E-state index contributed by atoms with van der Waals surface area (Å²) >= 11 is 0. The maximum Gasteiger partial charge on any atom is 0.306 e. The lowest BCUT2D eigenvalue weighted by molar-refractivity contribution is -0.163. The van der Waals surface area contributed by atoms with Gasteiger partial charge in [0, 0.05) is 13.5 Å². The molecular formula is C18H30O5. The highest BCUT2D eigenvalue weighted by molar-refractivity contribution is 5.69. The van der Waals surface area contributed by atoms with Crippen LogP contribution >= 0.6 is 0 Å². The summed E-state index contributed by atoms with van der Waals surface area (Å²) < 4.78 is 10.7. The first-order valence-electron chi connectivity index (χ1n) is 8.10. The topological polar surface area (TPSA) is 76.0 Å². The number of carbonyl (C=O) groups is 1. The van der Waals surface area contributed by atoms with Crippen LogP contribution in [0.1, 0.15) is 53.4 Å². The van der Waals surface area contributed by atoms with Crippen LogP contribution in [0.25, 0.3) is 0 Å². The van der Waals surface area contributed by atoms with E-state index in [-0.39, 0.29) is 18.9 Å². The minimum atomic E-state index is -1.12. The lowest BCUT2D eigenvalue weighted by atomic mass is 9.92. The van der Waals surface area contributed by atoms with E-state index in [9.17, 15) is 15.0 Å². The molecule has 5 nitrogen and oxygen atoms in total. The van der Waals surface area contributed by atoms with Gasteiger partial charge in [-0.3, -0.25) is 4.79 Å². The van der Waals surface area contributed by atoms with Crippen molar-refractivity contribution in [1.82, 2.24) is 0 Å². The second-order valence-corrected chi connectivity index (χ2v) is 6.85. The molecule has 0 bridgehead atoms. The number of carbonyl (C=O) groups excluding carboxylic acids is 1. The highest BCUT2D eigenvalue weighted by Gasteiger charge is 2.31. The van der Waals surface area contributed by atoms with Gasteiger partial charge in [0.05, 0.1) is 17.3 Å². The summed E-state index contributed by atoms with van der Waals surface area (Å²) in [6.07, 6.45) is 6.08. The normalized spacial score (nSPS) is 41.3. The zero-order valence-electron chi connectivity index (χ0n) is 14.8. The van der Waals surface area contributed by atoms with Crippen LogP contribution in [0.2, 0.25) is 0 Å². The SMILES string of the molecule is CO[C@H]1/C=C\[C@@](C)(O)CCC(=O)O[C@H](C)[C@](C)(O)CC/C=C\1C. The molecule has 5 heteroatoms. The number of hydrogen-bond donors (Lipinski definition) is 2. The molecule has 0 aliphatic carbocycles. The monoisotopic (exact) mass is 326 g/mol. The molecule has 0 unspecified atom stereocenters. The van der Waals surface area contributed by atoms with E-state index in [1.165, 1.54) is 0 Å². The Bertz CT molecular complexity index is 462. The summed E-state index contributed by atoms with van der Waals surface area (Å²) in [5, 5.41) is 20.8. The van der Waals surface area contributed by atoms with Gasteiger partial charge in [0.1, 0.15) is 6.10 Å². The Hall–Kier alpha value is -1.17. The van der Waals surface area contributed by atoms with E-state index in [4.69, 9.17) is 9.47 Å². The standard InChI is InChI=1S/C18H30O5/c1-13-7-6-10-18(4,21)14(2)23-16(19)9-12-17(3,20)11-8-15(13)22-5/h7-8,11,14-15,20-21H,6,9-10,12H2,1-5H3/b11-8-,13-7-/t14-,15+,17-,18-/m1/s1. The van der Waals surface area contributed by atoms with E-state index in [0.717, 1.165) is 5.57 Å². The molecule has 4 atom stereocenters. The molecule has 0 saturated heterocycles. The smallest absolute Gasteiger partial charge is 0.306 e. The highest BCUT2D eigenvalue weighted by atomic mass is 16.6. The fourth-order valence-electron chi connectivity index (χ4n) is 2.44. The Labute approximate surface area is 139 Å². The summed E-state index contributed by atoms with van der Waals surface area (Å²) in [5.74, 6) is -0.418. The molecule has 1 aliphatic heterocycles. The third kappa shape index (κ3) is 6.45. The molecule has 0 fully saturated rings. The average Bonchev–Trinajstić information content (AvgIpc) is 2.44. The zero-order valence-corrected chi connectivity index (χ0v) is 14.8. The van der Waals surface area contributed by atoms with Gasteiger partial charge in [0.2, 0.25) is 0 Å². The van der Waals surface area contributed by atoms with Gasteiger partial charge in [0.25, 0.3) is 0 Å². The van der Waals surface area contributed by atoms with Crippen molar-refractivity contribution in [1.29, 1.82) is 0 Å². The van der Waals surface area contributed by atoms with E-state index >= 15 is 0 Å². The fourth-order valence-corrected chi connectivity index (χ4v) is 2.44. The summed E-state index contributed by atoms with van der Waals surface area (Å²) in [6.45, 7) is 6.96. The van der Waals surface area contributed by atoms with Crippen LogP contribution in [-0.2, 0) is 14.3 Å². The van der Waals surface area contributed by atoms with Crippen molar-refractivity contribution >= 4 is 5.97 Å². The lowest BCUT2D eigenvalue weighted by Gasteiger charge is -2.30. The van der Waals surface area contributed by atoms with Crippen LogP contribution in [-0.4, -0.2) is 46.7 Å². The van der Waals surface area contributed by atoms with Crippen LogP contribution in [0, 0.1) is 0 Å². The third-order valence-electron chi connectivity index (χ3n) is 4.47. The second-order valence-electron chi connectivity index (χ2n) is 6.85.